The molecule has 0 atom stereocenters. The summed E-state index contributed by atoms with van der Waals surface area (Å²) < 4.78 is 58.0. The van der Waals surface area contributed by atoms with Crippen LogP contribution in [0.25, 0.3) is 0 Å². The zero-order chi connectivity index (χ0) is 24.1. The summed E-state index contributed by atoms with van der Waals surface area (Å²) in [5.41, 5.74) is 4.86. The molecule has 4 rings (SSSR count). The van der Waals surface area contributed by atoms with Crippen LogP contribution in [0.1, 0.15) is 5.56 Å². The van der Waals surface area contributed by atoms with E-state index < -0.39 is 17.6 Å². The van der Waals surface area contributed by atoms with Crippen molar-refractivity contribution >= 4 is 29.7 Å². The van der Waals surface area contributed by atoms with E-state index >= 15 is 0 Å². The molecule has 182 valence electrons. The van der Waals surface area contributed by atoms with Crippen LogP contribution in [-0.2, 0) is 15.7 Å². The quantitative estimate of drug-likeness (QED) is 0.279. The van der Waals surface area contributed by atoms with Gasteiger partial charge in [0.15, 0.2) is 11.6 Å². The third-order valence-electron chi connectivity index (χ3n) is 5.13. The first kappa shape index (κ1) is 23.6. The molecule has 0 spiro atoms. The van der Waals surface area contributed by atoms with Crippen LogP contribution >= 0.6 is 0 Å². The number of hydrazine groups is 1. The highest BCUT2D eigenvalue weighted by molar-refractivity contribution is 5.90. The first-order chi connectivity index (χ1) is 16.3. The summed E-state index contributed by atoms with van der Waals surface area (Å²) in [5, 5.41) is 5.48. The average molecular weight is 482 g/mol. The molecule has 2 fully saturated rings. The van der Waals surface area contributed by atoms with Crippen molar-refractivity contribution in [1.29, 1.82) is 0 Å². The molecule has 1 aromatic carbocycles. The number of hydrazone groups is 1. The predicted molar refractivity (Wildman–Crippen MR) is 115 cm³/mol. The molecule has 0 unspecified atom stereocenters. The third kappa shape index (κ3) is 5.88. The van der Waals surface area contributed by atoms with Gasteiger partial charge in [-0.25, -0.2) is 19.8 Å². The van der Waals surface area contributed by atoms with Gasteiger partial charge >= 0.3 is 6.18 Å². The van der Waals surface area contributed by atoms with Crippen molar-refractivity contribution in [2.24, 2.45) is 5.10 Å². The van der Waals surface area contributed by atoms with Gasteiger partial charge in [-0.15, -0.1) is 0 Å². The fourth-order valence-corrected chi connectivity index (χ4v) is 3.42. The van der Waals surface area contributed by atoms with E-state index in [2.05, 4.69) is 25.9 Å². The predicted octanol–water partition coefficient (Wildman–Crippen LogP) is 2.00. The van der Waals surface area contributed by atoms with Gasteiger partial charge in [-0.3, -0.25) is 9.69 Å². The maximum Gasteiger partial charge on any atom is 0.416 e. The van der Waals surface area contributed by atoms with Crippen molar-refractivity contribution < 1.29 is 27.1 Å². The molecule has 14 heteroatoms. The Labute approximate surface area is 192 Å². The first-order valence-electron chi connectivity index (χ1n) is 10.4. The summed E-state index contributed by atoms with van der Waals surface area (Å²) in [6.07, 6.45) is -2.14. The number of aromatic nitrogens is 2. The minimum Gasteiger partial charge on any atom is -0.378 e. The number of nitrogens with zero attached hydrogens (tertiary/aromatic N) is 6. The molecule has 10 nitrogen and oxygen atoms in total. The van der Waals surface area contributed by atoms with Gasteiger partial charge < -0.3 is 15.1 Å². The molecule has 0 aliphatic carbocycles. The van der Waals surface area contributed by atoms with Gasteiger partial charge in [0.1, 0.15) is 6.34 Å². The van der Waals surface area contributed by atoms with Crippen LogP contribution in [0.3, 0.4) is 0 Å². The van der Waals surface area contributed by atoms with Crippen molar-refractivity contribution in [2.45, 2.75) is 6.18 Å². The van der Waals surface area contributed by atoms with Gasteiger partial charge in [-0.05, 0) is 18.2 Å². The summed E-state index contributed by atoms with van der Waals surface area (Å²) in [7, 11) is 0. The van der Waals surface area contributed by atoms with Gasteiger partial charge in [0.05, 0.1) is 31.5 Å². The third-order valence-corrected chi connectivity index (χ3v) is 5.13. The number of alkyl halides is 3. The van der Waals surface area contributed by atoms with E-state index in [4.69, 9.17) is 4.74 Å². The summed E-state index contributed by atoms with van der Waals surface area (Å²) in [6, 6.07) is 4.75. The van der Waals surface area contributed by atoms with E-state index in [1.807, 2.05) is 0 Å². The number of anilines is 3. The Kier molecular flexibility index (Phi) is 7.07. The zero-order valence-corrected chi connectivity index (χ0v) is 17.9. The van der Waals surface area contributed by atoms with Gasteiger partial charge in [-0.1, -0.05) is 6.07 Å². The van der Waals surface area contributed by atoms with Crippen molar-refractivity contribution in [1.82, 2.24) is 19.9 Å². The molecular weight excluding hydrogens is 460 g/mol. The lowest BCUT2D eigenvalue weighted by Gasteiger charge is -2.32. The molecule has 3 heterocycles. The number of morpholine rings is 1. The van der Waals surface area contributed by atoms with E-state index in [1.165, 1.54) is 28.4 Å². The largest absolute Gasteiger partial charge is 0.416 e. The molecular formula is C20H22F4N8O2. The van der Waals surface area contributed by atoms with Gasteiger partial charge in [0, 0.05) is 31.9 Å². The normalized spacial score (nSPS) is 17.9. The Bertz CT molecular complexity index is 1050. The molecule has 1 aromatic heterocycles. The molecule has 1 amide bonds. The lowest BCUT2D eigenvalue weighted by Crippen LogP contribution is -2.51. The summed E-state index contributed by atoms with van der Waals surface area (Å²) in [4.78, 5) is 23.5. The molecule has 0 radical (unpaired) electrons. The van der Waals surface area contributed by atoms with Gasteiger partial charge in [0.25, 0.3) is 0 Å². The van der Waals surface area contributed by atoms with E-state index in [1.54, 1.807) is 4.90 Å². The van der Waals surface area contributed by atoms with Crippen LogP contribution < -0.4 is 15.8 Å². The van der Waals surface area contributed by atoms with Crippen LogP contribution in [0.5, 0.6) is 0 Å². The van der Waals surface area contributed by atoms with Crippen LogP contribution in [0, 0.1) is 5.82 Å². The van der Waals surface area contributed by atoms with Crippen molar-refractivity contribution in [3.05, 3.63) is 41.8 Å². The summed E-state index contributed by atoms with van der Waals surface area (Å²) in [5.74, 6) is -0.667. The molecule has 2 aromatic rings. The van der Waals surface area contributed by atoms with Crippen LogP contribution in [0.4, 0.5) is 35.0 Å². The number of piperazine rings is 1. The Morgan fingerprint density at radius 3 is 2.68 bits per heavy atom. The molecule has 2 saturated heterocycles. The van der Waals surface area contributed by atoms with Gasteiger partial charge in [-0.2, -0.15) is 23.3 Å². The Morgan fingerprint density at radius 2 is 1.94 bits per heavy atom. The number of carbonyl (C=O) groups is 1. The monoisotopic (exact) mass is 482 g/mol. The highest BCUT2D eigenvalue weighted by atomic mass is 19.4. The van der Waals surface area contributed by atoms with Crippen LogP contribution in [0.2, 0.25) is 0 Å². The standard InChI is InChI=1S/C20H22F4N8O2/c21-16-11-25-19(27-18(16)30-6-8-34-9-7-30)28-26-13-31-4-5-32(12-17(31)33)29-15-3-1-2-14(10-15)20(22,23)24/h1-3,10-11,13,29H,4-9,12H2,(H,25,27,28)/b26-13+. The number of carbonyl (C=O) groups excluding carboxylic acids is 1. The molecule has 0 bridgehead atoms. The molecule has 34 heavy (non-hydrogen) atoms. The number of amides is 1. The van der Waals surface area contributed by atoms with Crippen molar-refractivity contribution in [3.8, 4) is 0 Å². The van der Waals surface area contributed by atoms with E-state index in [9.17, 15) is 22.4 Å². The Morgan fingerprint density at radius 1 is 1.15 bits per heavy atom. The number of hydrogen-bond acceptors (Lipinski definition) is 9. The molecule has 0 saturated carbocycles. The maximum atomic E-state index is 14.1. The van der Waals surface area contributed by atoms with E-state index in [0.717, 1.165) is 18.3 Å². The second-order valence-corrected chi connectivity index (χ2v) is 7.52. The number of rotatable bonds is 6. The zero-order valence-electron chi connectivity index (χ0n) is 17.9. The number of hydrogen-bond donors (Lipinski definition) is 2. The lowest BCUT2D eigenvalue weighted by molar-refractivity contribution is -0.137. The number of nitrogens with one attached hydrogen (secondary N) is 2. The van der Waals surface area contributed by atoms with Crippen molar-refractivity contribution in [3.63, 3.8) is 0 Å². The Balaban J connectivity index is 1.31. The SMILES string of the molecule is O=C1CN(Nc2cccc(C(F)(F)F)c2)CCN1/C=N/Nc1ncc(F)c(N2CCOCC2)n1. The summed E-state index contributed by atoms with van der Waals surface area (Å²) >= 11 is 0. The van der Waals surface area contributed by atoms with Gasteiger partial charge in [0.2, 0.25) is 11.9 Å². The topological polar surface area (TPSA) is 98.2 Å². The average Bonchev–Trinajstić information content (AvgIpc) is 2.82. The van der Waals surface area contributed by atoms with E-state index in [0.29, 0.717) is 32.8 Å². The highest BCUT2D eigenvalue weighted by Crippen LogP contribution is 2.30. The molecule has 2 N–H and O–H groups in total. The minimum absolute atomic E-state index is 0.0661. The minimum atomic E-state index is -4.45. The van der Waals surface area contributed by atoms with E-state index in [-0.39, 0.29) is 36.5 Å². The smallest absolute Gasteiger partial charge is 0.378 e. The maximum absolute atomic E-state index is 14.1. The molecule has 2 aliphatic heterocycles. The Hall–Kier alpha value is -3.52. The fraction of sp³-hybridized carbons (Fsp3) is 0.400. The van der Waals surface area contributed by atoms with Crippen LogP contribution in [-0.4, -0.2) is 78.1 Å². The second kappa shape index (κ2) is 10.2. The number of benzene rings is 1. The van der Waals surface area contributed by atoms with Crippen LogP contribution in [0.15, 0.2) is 35.6 Å². The second-order valence-electron chi connectivity index (χ2n) is 7.52. The van der Waals surface area contributed by atoms with Crippen molar-refractivity contribution in [2.75, 3.05) is 61.7 Å². The lowest BCUT2D eigenvalue weighted by atomic mass is 10.2. The highest BCUT2D eigenvalue weighted by Gasteiger charge is 2.31. The summed E-state index contributed by atoms with van der Waals surface area (Å²) in [6.45, 7) is 2.48. The molecule has 2 aliphatic rings. The fourth-order valence-electron chi connectivity index (χ4n) is 3.42. The first-order valence-corrected chi connectivity index (χ1v) is 10.4. The number of halogens is 4. The number of ether oxygens (including phenoxy) is 1.